The molecule has 0 bridgehead atoms. The molecule has 5 heteroatoms. The molecule has 0 saturated carbocycles. The molecule has 1 atom stereocenters. The Balaban J connectivity index is 3.61. The number of ether oxygens (including phenoxy) is 2. The van der Waals surface area contributed by atoms with Crippen LogP contribution in [0.5, 0.6) is 0 Å². The molecule has 0 aliphatic rings. The molecule has 0 aromatic rings. The number of aliphatic hydroxyl groups excluding tert-OH is 1. The summed E-state index contributed by atoms with van der Waals surface area (Å²) >= 11 is 0. The maximum atomic E-state index is 11.9. The molecule has 0 aromatic heterocycles. The van der Waals surface area contributed by atoms with Gasteiger partial charge in [0.15, 0.2) is 6.10 Å². The van der Waals surface area contributed by atoms with Gasteiger partial charge < -0.3 is 14.6 Å². The topological polar surface area (TPSA) is 72.8 Å². The Morgan fingerprint density at radius 1 is 0.594 bits per heavy atom. The minimum atomic E-state index is -0.756. The Kier molecular flexibility index (Phi) is 23.7. The van der Waals surface area contributed by atoms with E-state index in [0.717, 1.165) is 38.5 Å². The largest absolute Gasteiger partial charge is 0.462 e. The average molecular weight is 457 g/mol. The zero-order valence-corrected chi connectivity index (χ0v) is 21.2. The molecule has 0 unspecified atom stereocenters. The van der Waals surface area contributed by atoms with Gasteiger partial charge in [-0.1, -0.05) is 117 Å². The molecule has 0 aromatic carbocycles. The fourth-order valence-corrected chi connectivity index (χ4v) is 3.79. The number of esters is 2. The lowest BCUT2D eigenvalue weighted by atomic mass is 10.1. The van der Waals surface area contributed by atoms with Crippen molar-refractivity contribution in [2.45, 2.75) is 148 Å². The summed E-state index contributed by atoms with van der Waals surface area (Å²) in [6, 6.07) is 0. The van der Waals surface area contributed by atoms with E-state index in [-0.39, 0.29) is 25.2 Å². The predicted octanol–water partition coefficient (Wildman–Crippen LogP) is 7.28. The van der Waals surface area contributed by atoms with Gasteiger partial charge in [0.25, 0.3) is 0 Å². The lowest BCUT2D eigenvalue weighted by Gasteiger charge is -2.15. The van der Waals surface area contributed by atoms with Crippen LogP contribution < -0.4 is 0 Å². The van der Waals surface area contributed by atoms with Gasteiger partial charge in [-0.2, -0.15) is 0 Å². The molecular formula is C27H52O5. The lowest BCUT2D eigenvalue weighted by Crippen LogP contribution is -2.28. The van der Waals surface area contributed by atoms with Gasteiger partial charge in [0, 0.05) is 12.8 Å². The fraction of sp³-hybridized carbons (Fsp3) is 0.926. The third-order valence-corrected chi connectivity index (χ3v) is 5.90. The van der Waals surface area contributed by atoms with Gasteiger partial charge in [0.1, 0.15) is 6.61 Å². The molecule has 0 aliphatic heterocycles. The molecule has 32 heavy (non-hydrogen) atoms. The second-order valence-electron chi connectivity index (χ2n) is 9.13. The Hall–Kier alpha value is -1.10. The van der Waals surface area contributed by atoms with Crippen LogP contribution in [0.4, 0.5) is 0 Å². The number of hydrogen-bond acceptors (Lipinski definition) is 5. The van der Waals surface area contributed by atoms with E-state index >= 15 is 0 Å². The Labute approximate surface area is 198 Å². The molecule has 0 fully saturated rings. The first-order valence-corrected chi connectivity index (χ1v) is 13.6. The Bertz CT molecular complexity index is 424. The zero-order chi connectivity index (χ0) is 23.7. The van der Waals surface area contributed by atoms with E-state index in [4.69, 9.17) is 9.47 Å². The summed E-state index contributed by atoms with van der Waals surface area (Å²) < 4.78 is 10.4. The first-order valence-electron chi connectivity index (χ1n) is 13.6. The number of unbranched alkanes of at least 4 members (excludes halogenated alkanes) is 16. The summed E-state index contributed by atoms with van der Waals surface area (Å²) in [5.74, 6) is -0.594. The van der Waals surface area contributed by atoms with E-state index in [9.17, 15) is 14.7 Å². The van der Waals surface area contributed by atoms with E-state index in [1.54, 1.807) is 0 Å². The van der Waals surface area contributed by atoms with Crippen LogP contribution in [-0.4, -0.2) is 36.4 Å². The van der Waals surface area contributed by atoms with Crippen LogP contribution in [0.2, 0.25) is 0 Å². The normalized spacial score (nSPS) is 12.0. The van der Waals surface area contributed by atoms with E-state index < -0.39 is 6.10 Å². The van der Waals surface area contributed by atoms with Gasteiger partial charge in [0.2, 0.25) is 0 Å². The smallest absolute Gasteiger partial charge is 0.306 e. The predicted molar refractivity (Wildman–Crippen MR) is 132 cm³/mol. The van der Waals surface area contributed by atoms with Gasteiger partial charge in [-0.3, -0.25) is 9.59 Å². The number of hydrogen-bond donors (Lipinski definition) is 1. The summed E-state index contributed by atoms with van der Waals surface area (Å²) in [4.78, 5) is 23.8. The van der Waals surface area contributed by atoms with E-state index in [2.05, 4.69) is 13.8 Å². The van der Waals surface area contributed by atoms with Gasteiger partial charge in [-0.25, -0.2) is 0 Å². The van der Waals surface area contributed by atoms with Crippen LogP contribution in [0.25, 0.3) is 0 Å². The highest BCUT2D eigenvalue weighted by Gasteiger charge is 2.16. The fourth-order valence-electron chi connectivity index (χ4n) is 3.79. The van der Waals surface area contributed by atoms with Crippen molar-refractivity contribution >= 4 is 11.9 Å². The van der Waals surface area contributed by atoms with Crippen molar-refractivity contribution in [2.24, 2.45) is 0 Å². The molecule has 0 aliphatic carbocycles. The summed E-state index contributed by atoms with van der Waals surface area (Å²) in [5, 5.41) is 9.40. The molecule has 5 nitrogen and oxygen atoms in total. The minimum Gasteiger partial charge on any atom is -0.462 e. The lowest BCUT2D eigenvalue weighted by molar-refractivity contribution is -0.161. The third-order valence-electron chi connectivity index (χ3n) is 5.90. The second kappa shape index (κ2) is 24.5. The highest BCUT2D eigenvalue weighted by Crippen LogP contribution is 2.12. The highest BCUT2D eigenvalue weighted by molar-refractivity contribution is 5.70. The zero-order valence-electron chi connectivity index (χ0n) is 21.2. The summed E-state index contributed by atoms with van der Waals surface area (Å²) in [6.45, 7) is 4.07. The van der Waals surface area contributed by atoms with Crippen molar-refractivity contribution in [3.8, 4) is 0 Å². The van der Waals surface area contributed by atoms with Crippen molar-refractivity contribution in [1.29, 1.82) is 0 Å². The van der Waals surface area contributed by atoms with Crippen molar-refractivity contribution in [3.05, 3.63) is 0 Å². The molecule has 190 valence electrons. The van der Waals surface area contributed by atoms with Crippen molar-refractivity contribution in [3.63, 3.8) is 0 Å². The molecule has 0 spiro atoms. The summed E-state index contributed by atoms with van der Waals surface area (Å²) in [5.41, 5.74) is 0. The number of carbonyl (C=O) groups is 2. The third kappa shape index (κ3) is 22.1. The van der Waals surface area contributed by atoms with Crippen molar-refractivity contribution in [2.75, 3.05) is 13.2 Å². The van der Waals surface area contributed by atoms with Crippen molar-refractivity contribution < 1.29 is 24.2 Å². The van der Waals surface area contributed by atoms with Gasteiger partial charge in [0.05, 0.1) is 6.61 Å². The Morgan fingerprint density at radius 2 is 0.969 bits per heavy atom. The van der Waals surface area contributed by atoms with E-state index in [1.165, 1.54) is 77.0 Å². The summed E-state index contributed by atoms with van der Waals surface area (Å²) in [7, 11) is 0. The molecular weight excluding hydrogens is 404 g/mol. The van der Waals surface area contributed by atoms with E-state index in [0.29, 0.717) is 12.8 Å². The maximum Gasteiger partial charge on any atom is 0.306 e. The first kappa shape index (κ1) is 30.9. The number of carbonyl (C=O) groups excluding carboxylic acids is 2. The molecule has 0 heterocycles. The van der Waals surface area contributed by atoms with Crippen LogP contribution >= 0.6 is 0 Å². The SMILES string of the molecule is CCCCCCCCCCCC(=O)OC[C@@H](CO)OC(=O)CCCCCCCCCCC. The first-order chi connectivity index (χ1) is 15.6. The maximum absolute atomic E-state index is 11.9. The van der Waals surface area contributed by atoms with E-state index in [1.807, 2.05) is 0 Å². The van der Waals surface area contributed by atoms with Crippen LogP contribution in [0, 0.1) is 0 Å². The molecule has 0 radical (unpaired) electrons. The minimum absolute atomic E-state index is 0.0593. The van der Waals surface area contributed by atoms with Crippen LogP contribution in [-0.2, 0) is 19.1 Å². The number of rotatable bonds is 24. The molecule has 1 N–H and O–H groups in total. The van der Waals surface area contributed by atoms with Crippen LogP contribution in [0.3, 0.4) is 0 Å². The average Bonchev–Trinajstić information content (AvgIpc) is 2.79. The van der Waals surface area contributed by atoms with Crippen LogP contribution in [0.15, 0.2) is 0 Å². The second-order valence-corrected chi connectivity index (χ2v) is 9.13. The van der Waals surface area contributed by atoms with Crippen LogP contribution in [0.1, 0.15) is 142 Å². The molecule has 0 saturated heterocycles. The molecule has 0 amide bonds. The highest BCUT2D eigenvalue weighted by atomic mass is 16.6. The monoisotopic (exact) mass is 456 g/mol. The molecule has 0 rings (SSSR count). The summed E-state index contributed by atoms with van der Waals surface area (Å²) in [6.07, 6.45) is 21.5. The van der Waals surface area contributed by atoms with Crippen molar-refractivity contribution in [1.82, 2.24) is 0 Å². The standard InChI is InChI=1S/C27H52O5/c1-3-5-7-9-11-13-15-17-19-21-26(29)31-24-25(23-28)32-27(30)22-20-18-16-14-12-10-8-6-4-2/h25,28H,3-24H2,1-2H3/t25-/m1/s1. The Morgan fingerprint density at radius 3 is 1.38 bits per heavy atom. The van der Waals surface area contributed by atoms with Gasteiger partial charge in [-0.15, -0.1) is 0 Å². The quantitative estimate of drug-likeness (QED) is 0.122. The van der Waals surface area contributed by atoms with Gasteiger partial charge >= 0.3 is 11.9 Å². The van der Waals surface area contributed by atoms with Gasteiger partial charge in [-0.05, 0) is 12.8 Å². The number of aliphatic hydroxyl groups is 1.